The van der Waals surface area contributed by atoms with Crippen molar-refractivity contribution >= 4 is 23.9 Å². The molecule has 10 heteroatoms. The molecule has 0 spiro atoms. The predicted molar refractivity (Wildman–Crippen MR) is 79.2 cm³/mol. The quantitative estimate of drug-likeness (QED) is 0.259. The van der Waals surface area contributed by atoms with Gasteiger partial charge in [0.05, 0.1) is 0 Å². The van der Waals surface area contributed by atoms with Crippen molar-refractivity contribution in [1.29, 1.82) is 0 Å². The van der Waals surface area contributed by atoms with Gasteiger partial charge in [0, 0.05) is 6.42 Å². The Kier molecular flexibility index (Phi) is 10.1. The van der Waals surface area contributed by atoms with E-state index in [0.29, 0.717) is 6.42 Å². The number of aliphatic carboxylic acids is 3. The smallest absolute Gasteiger partial charge is 0.326 e. The highest BCUT2D eigenvalue weighted by Gasteiger charge is 2.24. The first-order valence-electron chi connectivity index (χ1n) is 7.17. The molecule has 0 aliphatic rings. The van der Waals surface area contributed by atoms with Crippen LogP contribution in [0.5, 0.6) is 0 Å². The maximum absolute atomic E-state index is 11.7. The van der Waals surface area contributed by atoms with Gasteiger partial charge < -0.3 is 31.3 Å². The van der Waals surface area contributed by atoms with E-state index in [1.165, 1.54) is 0 Å². The molecule has 0 fully saturated rings. The number of hydrogen-bond donors (Lipinski definition) is 6. The van der Waals surface area contributed by atoms with Gasteiger partial charge in [0.1, 0.15) is 12.1 Å². The largest absolute Gasteiger partial charge is 0.481 e. The molecule has 1 unspecified atom stereocenters. The Morgan fingerprint density at radius 3 is 1.83 bits per heavy atom. The third-order valence-corrected chi connectivity index (χ3v) is 3.02. The van der Waals surface area contributed by atoms with Crippen LogP contribution in [-0.4, -0.2) is 64.9 Å². The maximum atomic E-state index is 11.7. The number of amides is 2. The maximum Gasteiger partial charge on any atom is 0.326 e. The molecule has 23 heavy (non-hydrogen) atoms. The van der Waals surface area contributed by atoms with E-state index < -0.39 is 42.4 Å². The number of carboxylic acids is 3. The van der Waals surface area contributed by atoms with Gasteiger partial charge in [-0.2, -0.15) is 0 Å². The summed E-state index contributed by atoms with van der Waals surface area (Å²) in [4.78, 5) is 44.2. The summed E-state index contributed by atoms with van der Waals surface area (Å²) in [5, 5.41) is 33.7. The topological polar surface area (TPSA) is 165 Å². The van der Waals surface area contributed by atoms with E-state index in [4.69, 9.17) is 15.3 Å². The van der Waals surface area contributed by atoms with E-state index in [9.17, 15) is 19.2 Å². The lowest BCUT2D eigenvalue weighted by atomic mass is 10.1. The van der Waals surface area contributed by atoms with Crippen LogP contribution in [0.4, 0.5) is 4.79 Å². The van der Waals surface area contributed by atoms with E-state index in [-0.39, 0.29) is 12.8 Å². The molecule has 0 saturated carbocycles. The van der Waals surface area contributed by atoms with Crippen molar-refractivity contribution in [2.45, 2.75) is 44.2 Å². The number of carbonyl (C=O) groups excluding carboxylic acids is 1. The fourth-order valence-electron chi connectivity index (χ4n) is 1.79. The summed E-state index contributed by atoms with van der Waals surface area (Å²) < 4.78 is 0. The zero-order valence-electron chi connectivity index (χ0n) is 12.9. The molecule has 0 heterocycles. The molecule has 0 aliphatic heterocycles. The molecule has 6 N–H and O–H groups in total. The van der Waals surface area contributed by atoms with Crippen molar-refractivity contribution in [2.75, 3.05) is 13.6 Å². The van der Waals surface area contributed by atoms with E-state index >= 15 is 0 Å². The molecular weight excluding hydrogens is 310 g/mol. The predicted octanol–water partition coefficient (Wildman–Crippen LogP) is -0.553. The van der Waals surface area contributed by atoms with E-state index in [0.717, 1.165) is 13.0 Å². The highest BCUT2D eigenvalue weighted by Crippen LogP contribution is 2.02. The van der Waals surface area contributed by atoms with Crippen LogP contribution in [0.2, 0.25) is 0 Å². The van der Waals surface area contributed by atoms with Crippen LogP contribution in [-0.2, 0) is 14.4 Å². The second-order valence-electron chi connectivity index (χ2n) is 4.93. The van der Waals surface area contributed by atoms with E-state index in [1.807, 2.05) is 0 Å². The van der Waals surface area contributed by atoms with Crippen molar-refractivity contribution in [3.8, 4) is 0 Å². The minimum atomic E-state index is -1.40. The average molecular weight is 333 g/mol. The molecule has 0 saturated heterocycles. The number of hydrogen-bond acceptors (Lipinski definition) is 5. The van der Waals surface area contributed by atoms with Gasteiger partial charge in [-0.05, 0) is 39.3 Å². The summed E-state index contributed by atoms with van der Waals surface area (Å²) >= 11 is 0. The molecule has 0 radical (unpaired) electrons. The van der Waals surface area contributed by atoms with Gasteiger partial charge in [0.25, 0.3) is 0 Å². The van der Waals surface area contributed by atoms with Crippen LogP contribution in [0.15, 0.2) is 0 Å². The standard InChI is InChI=1S/C13H23N3O7/c1-14-7-3-2-4-8(11(19)20)15-13(23)16-9(12(21)22)5-6-10(17)18/h8-9,14H,2-7H2,1H3,(H,17,18)(H,19,20)(H,21,22)(H2,15,16,23)/t8?,9-/m0/s1. The lowest BCUT2D eigenvalue weighted by molar-refractivity contribution is -0.140. The monoisotopic (exact) mass is 333 g/mol. The molecule has 132 valence electrons. The fraction of sp³-hybridized carbons (Fsp3) is 0.692. The fourth-order valence-corrected chi connectivity index (χ4v) is 1.79. The van der Waals surface area contributed by atoms with Crippen molar-refractivity contribution in [3.63, 3.8) is 0 Å². The number of urea groups is 1. The SMILES string of the molecule is CNCCCCC(NC(=O)N[C@@H](CCC(=O)O)C(=O)O)C(=O)O. The minimum Gasteiger partial charge on any atom is -0.481 e. The van der Waals surface area contributed by atoms with Gasteiger partial charge in [-0.25, -0.2) is 14.4 Å². The van der Waals surface area contributed by atoms with Crippen LogP contribution in [0.1, 0.15) is 32.1 Å². The molecule has 0 aromatic heterocycles. The molecule has 2 atom stereocenters. The molecule has 2 amide bonds. The second-order valence-corrected chi connectivity index (χ2v) is 4.93. The summed E-state index contributed by atoms with van der Waals surface area (Å²) in [7, 11) is 1.77. The third-order valence-electron chi connectivity index (χ3n) is 3.02. The minimum absolute atomic E-state index is 0.206. The van der Waals surface area contributed by atoms with Crippen LogP contribution in [0.25, 0.3) is 0 Å². The first-order chi connectivity index (χ1) is 10.8. The Labute approximate surface area is 133 Å². The summed E-state index contributed by atoms with van der Waals surface area (Å²) in [6, 6.07) is -3.49. The molecule has 0 aliphatic carbocycles. The molecule has 10 nitrogen and oxygen atoms in total. The Hall–Kier alpha value is -2.36. The van der Waals surface area contributed by atoms with Gasteiger partial charge in [0.2, 0.25) is 0 Å². The summed E-state index contributed by atoms with van der Waals surface area (Å²) in [5.74, 6) is -3.80. The highest BCUT2D eigenvalue weighted by molar-refractivity contribution is 5.86. The highest BCUT2D eigenvalue weighted by atomic mass is 16.4. The first kappa shape index (κ1) is 20.6. The van der Waals surface area contributed by atoms with Gasteiger partial charge in [-0.1, -0.05) is 0 Å². The summed E-state index contributed by atoms with van der Waals surface area (Å²) in [6.07, 6.45) is 0.790. The number of rotatable bonds is 12. The Morgan fingerprint density at radius 2 is 1.39 bits per heavy atom. The number of unbranched alkanes of at least 4 members (excludes halogenated alkanes) is 1. The summed E-state index contributed by atoms with van der Waals surface area (Å²) in [5.41, 5.74) is 0. The number of carbonyl (C=O) groups is 4. The van der Waals surface area contributed by atoms with Crippen LogP contribution >= 0.6 is 0 Å². The van der Waals surface area contributed by atoms with Gasteiger partial charge in [-0.3, -0.25) is 4.79 Å². The van der Waals surface area contributed by atoms with Crippen LogP contribution in [0, 0.1) is 0 Å². The molecular formula is C13H23N3O7. The van der Waals surface area contributed by atoms with Crippen molar-refractivity contribution in [1.82, 2.24) is 16.0 Å². The van der Waals surface area contributed by atoms with Gasteiger partial charge in [0.15, 0.2) is 0 Å². The van der Waals surface area contributed by atoms with E-state index in [2.05, 4.69) is 16.0 Å². The lowest BCUT2D eigenvalue weighted by Crippen LogP contribution is -2.51. The summed E-state index contributed by atoms with van der Waals surface area (Å²) in [6.45, 7) is 0.717. The zero-order chi connectivity index (χ0) is 17.8. The van der Waals surface area contributed by atoms with Crippen molar-refractivity contribution in [2.24, 2.45) is 0 Å². The Balaban J connectivity index is 4.44. The normalized spacial score (nSPS) is 12.9. The van der Waals surface area contributed by atoms with Crippen LogP contribution < -0.4 is 16.0 Å². The van der Waals surface area contributed by atoms with Gasteiger partial charge in [-0.15, -0.1) is 0 Å². The number of nitrogens with one attached hydrogen (secondary N) is 3. The molecule has 0 aromatic carbocycles. The van der Waals surface area contributed by atoms with Crippen LogP contribution in [0.3, 0.4) is 0 Å². The van der Waals surface area contributed by atoms with Gasteiger partial charge >= 0.3 is 23.9 Å². The van der Waals surface area contributed by atoms with Crippen molar-refractivity contribution < 1.29 is 34.5 Å². The Morgan fingerprint density at radius 1 is 0.870 bits per heavy atom. The zero-order valence-corrected chi connectivity index (χ0v) is 12.9. The van der Waals surface area contributed by atoms with Crippen molar-refractivity contribution in [3.05, 3.63) is 0 Å². The second kappa shape index (κ2) is 11.2. The Bertz CT molecular complexity index is 428. The molecule has 0 bridgehead atoms. The lowest BCUT2D eigenvalue weighted by Gasteiger charge is -2.18. The molecule has 0 rings (SSSR count). The third kappa shape index (κ3) is 10.1. The molecule has 0 aromatic rings. The first-order valence-corrected chi connectivity index (χ1v) is 7.17. The number of carboxylic acid groups (broad SMARTS) is 3. The van der Waals surface area contributed by atoms with E-state index in [1.54, 1.807) is 7.05 Å². The average Bonchev–Trinajstić information content (AvgIpc) is 2.45.